The van der Waals surface area contributed by atoms with Crippen LogP contribution in [0.5, 0.6) is 0 Å². The molecule has 98 valence electrons. The average Bonchev–Trinajstić information content (AvgIpc) is 2.39. The molecule has 1 aromatic rings. The first-order valence-corrected chi connectivity index (χ1v) is 6.63. The van der Waals surface area contributed by atoms with Crippen molar-refractivity contribution in [1.29, 1.82) is 0 Å². The van der Waals surface area contributed by atoms with Crippen molar-refractivity contribution in [2.45, 2.75) is 32.7 Å². The minimum absolute atomic E-state index is 0.170. The van der Waals surface area contributed by atoms with Gasteiger partial charge in [-0.3, -0.25) is 4.79 Å². The highest BCUT2D eigenvalue weighted by Crippen LogP contribution is 2.22. The van der Waals surface area contributed by atoms with Crippen LogP contribution in [-0.4, -0.2) is 37.0 Å². The number of carbonyl (C=O) groups is 1. The predicted octanol–water partition coefficient (Wildman–Crippen LogP) is 2.44. The highest BCUT2D eigenvalue weighted by Gasteiger charge is 2.23. The molecule has 1 heterocycles. The molecule has 1 fully saturated rings. The van der Waals surface area contributed by atoms with E-state index in [2.05, 4.69) is 36.1 Å². The third-order valence-corrected chi connectivity index (χ3v) is 3.91. The molecule has 0 bridgehead atoms. The third-order valence-electron chi connectivity index (χ3n) is 3.91. The number of hydrogen-bond donors (Lipinski definition) is 0. The Labute approximate surface area is 109 Å². The molecule has 3 heteroatoms. The molecule has 0 saturated carbocycles. The summed E-state index contributed by atoms with van der Waals surface area (Å²) in [6.07, 6.45) is 2.12. The van der Waals surface area contributed by atoms with Crippen LogP contribution in [0.3, 0.4) is 0 Å². The fraction of sp³-hybridized carbons (Fsp3) is 0.533. The fourth-order valence-electron chi connectivity index (χ4n) is 2.52. The average molecular weight is 246 g/mol. The number of carbonyl (C=O) groups excluding carboxylic acids is 1. The van der Waals surface area contributed by atoms with Crippen LogP contribution in [0.1, 0.15) is 25.3 Å². The molecule has 18 heavy (non-hydrogen) atoms. The topological polar surface area (TPSA) is 23.6 Å². The van der Waals surface area contributed by atoms with Crippen LogP contribution in [0.4, 0.5) is 5.69 Å². The van der Waals surface area contributed by atoms with Crippen LogP contribution >= 0.6 is 0 Å². The van der Waals surface area contributed by atoms with Gasteiger partial charge >= 0.3 is 0 Å². The van der Waals surface area contributed by atoms with E-state index in [4.69, 9.17) is 0 Å². The Kier molecular flexibility index (Phi) is 3.90. The summed E-state index contributed by atoms with van der Waals surface area (Å²) in [4.78, 5) is 15.6. The number of amides is 1. The third kappa shape index (κ3) is 2.84. The number of nitrogens with zero attached hydrogens (tertiary/aromatic N) is 2. The van der Waals surface area contributed by atoms with Crippen molar-refractivity contribution in [1.82, 2.24) is 4.90 Å². The van der Waals surface area contributed by atoms with Crippen LogP contribution in [0.15, 0.2) is 24.3 Å². The molecule has 0 aromatic heterocycles. The summed E-state index contributed by atoms with van der Waals surface area (Å²) < 4.78 is 0. The van der Waals surface area contributed by atoms with E-state index in [-0.39, 0.29) is 5.91 Å². The fourth-order valence-corrected chi connectivity index (χ4v) is 2.52. The lowest BCUT2D eigenvalue weighted by molar-refractivity contribution is -0.129. The first-order chi connectivity index (χ1) is 8.58. The number of rotatable bonds is 2. The summed E-state index contributed by atoms with van der Waals surface area (Å²) >= 11 is 0. The molecule has 0 aliphatic carbocycles. The van der Waals surface area contributed by atoms with Crippen molar-refractivity contribution in [2.75, 3.05) is 25.0 Å². The van der Waals surface area contributed by atoms with Gasteiger partial charge in [0.1, 0.15) is 0 Å². The van der Waals surface area contributed by atoms with Gasteiger partial charge in [-0.25, -0.2) is 0 Å². The molecular formula is C15H22N2O. The Bertz CT molecular complexity index is 405. The van der Waals surface area contributed by atoms with E-state index in [0.717, 1.165) is 25.9 Å². The molecule has 1 aromatic carbocycles. The Hall–Kier alpha value is -1.51. The van der Waals surface area contributed by atoms with Gasteiger partial charge in [-0.1, -0.05) is 17.7 Å². The number of benzene rings is 1. The highest BCUT2D eigenvalue weighted by atomic mass is 16.2. The van der Waals surface area contributed by atoms with Gasteiger partial charge in [0.25, 0.3) is 0 Å². The normalized spacial score (nSPS) is 16.7. The van der Waals surface area contributed by atoms with Gasteiger partial charge < -0.3 is 9.80 Å². The van der Waals surface area contributed by atoms with Gasteiger partial charge in [-0.05, 0) is 31.9 Å². The van der Waals surface area contributed by atoms with Crippen LogP contribution < -0.4 is 4.90 Å². The van der Waals surface area contributed by atoms with E-state index in [1.807, 2.05) is 11.9 Å². The second-order valence-corrected chi connectivity index (χ2v) is 5.18. The van der Waals surface area contributed by atoms with Crippen molar-refractivity contribution in [2.24, 2.45) is 0 Å². The molecule has 0 unspecified atom stereocenters. The minimum Gasteiger partial charge on any atom is -0.371 e. The number of anilines is 1. The molecule has 3 nitrogen and oxygen atoms in total. The van der Waals surface area contributed by atoms with Gasteiger partial charge in [0.15, 0.2) is 0 Å². The van der Waals surface area contributed by atoms with Crippen LogP contribution in [0.2, 0.25) is 0 Å². The summed E-state index contributed by atoms with van der Waals surface area (Å²) in [5.41, 5.74) is 2.59. The first kappa shape index (κ1) is 12.9. The van der Waals surface area contributed by atoms with Gasteiger partial charge in [0.2, 0.25) is 5.91 Å². The summed E-state index contributed by atoms with van der Waals surface area (Å²) in [5.74, 6) is 0.170. The molecule has 1 aliphatic rings. The second kappa shape index (κ2) is 5.42. The lowest BCUT2D eigenvalue weighted by Crippen LogP contribution is -2.45. The molecule has 0 N–H and O–H groups in total. The zero-order valence-electron chi connectivity index (χ0n) is 11.5. The number of piperidine rings is 1. The van der Waals surface area contributed by atoms with Gasteiger partial charge in [0, 0.05) is 38.8 Å². The van der Waals surface area contributed by atoms with Crippen LogP contribution in [-0.2, 0) is 4.79 Å². The van der Waals surface area contributed by atoms with Gasteiger partial charge in [0.05, 0.1) is 0 Å². The summed E-state index contributed by atoms with van der Waals surface area (Å²) in [6.45, 7) is 5.82. The maximum absolute atomic E-state index is 11.3. The molecular weight excluding hydrogens is 224 g/mol. The maximum atomic E-state index is 11.3. The number of hydrogen-bond acceptors (Lipinski definition) is 2. The van der Waals surface area contributed by atoms with E-state index >= 15 is 0 Å². The summed E-state index contributed by atoms with van der Waals surface area (Å²) in [6, 6.07) is 9.09. The lowest BCUT2D eigenvalue weighted by atomic mass is 10.0. The Morgan fingerprint density at radius 1 is 1.22 bits per heavy atom. The zero-order valence-corrected chi connectivity index (χ0v) is 11.5. The van der Waals surface area contributed by atoms with Crippen molar-refractivity contribution >= 4 is 11.6 Å². The summed E-state index contributed by atoms with van der Waals surface area (Å²) in [5, 5.41) is 0. The van der Waals surface area contributed by atoms with Crippen molar-refractivity contribution < 1.29 is 4.79 Å². The SMILES string of the molecule is CC(=O)N(C)C1CCN(c2ccc(C)cc2)CC1. The van der Waals surface area contributed by atoms with E-state index in [9.17, 15) is 4.79 Å². The van der Waals surface area contributed by atoms with Crippen LogP contribution in [0, 0.1) is 6.92 Å². The zero-order chi connectivity index (χ0) is 13.1. The molecule has 0 radical (unpaired) electrons. The van der Waals surface area contributed by atoms with E-state index in [1.54, 1.807) is 6.92 Å². The van der Waals surface area contributed by atoms with Gasteiger partial charge in [-0.2, -0.15) is 0 Å². The van der Waals surface area contributed by atoms with Crippen molar-refractivity contribution in [3.05, 3.63) is 29.8 Å². The lowest BCUT2D eigenvalue weighted by Gasteiger charge is -2.37. The summed E-state index contributed by atoms with van der Waals surface area (Å²) in [7, 11) is 1.91. The highest BCUT2D eigenvalue weighted by molar-refractivity contribution is 5.73. The predicted molar refractivity (Wildman–Crippen MR) is 74.9 cm³/mol. The Morgan fingerprint density at radius 3 is 2.28 bits per heavy atom. The molecule has 0 atom stereocenters. The largest absolute Gasteiger partial charge is 0.371 e. The molecule has 1 aliphatic heterocycles. The van der Waals surface area contributed by atoms with E-state index in [1.165, 1.54) is 11.3 Å². The second-order valence-electron chi connectivity index (χ2n) is 5.18. The Balaban J connectivity index is 1.94. The van der Waals surface area contributed by atoms with Gasteiger partial charge in [-0.15, -0.1) is 0 Å². The first-order valence-electron chi connectivity index (χ1n) is 6.63. The molecule has 1 saturated heterocycles. The molecule has 1 amide bonds. The van der Waals surface area contributed by atoms with Crippen molar-refractivity contribution in [3.63, 3.8) is 0 Å². The van der Waals surface area contributed by atoms with Crippen LogP contribution in [0.25, 0.3) is 0 Å². The van der Waals surface area contributed by atoms with Crippen molar-refractivity contribution in [3.8, 4) is 0 Å². The maximum Gasteiger partial charge on any atom is 0.219 e. The minimum atomic E-state index is 0.170. The standard InChI is InChI=1S/C15H22N2O/c1-12-4-6-15(7-5-12)17-10-8-14(9-11-17)16(3)13(2)18/h4-7,14H,8-11H2,1-3H3. The Morgan fingerprint density at radius 2 is 1.78 bits per heavy atom. The monoisotopic (exact) mass is 246 g/mol. The smallest absolute Gasteiger partial charge is 0.219 e. The number of aryl methyl sites for hydroxylation is 1. The molecule has 2 rings (SSSR count). The van der Waals surface area contributed by atoms with E-state index in [0.29, 0.717) is 6.04 Å². The quantitative estimate of drug-likeness (QED) is 0.800. The van der Waals surface area contributed by atoms with E-state index < -0.39 is 0 Å². The molecule has 0 spiro atoms.